The minimum absolute atomic E-state index is 0.0537. The van der Waals surface area contributed by atoms with Crippen molar-refractivity contribution in [3.63, 3.8) is 0 Å². The van der Waals surface area contributed by atoms with Crippen LogP contribution in [-0.2, 0) is 9.53 Å². The number of anilines is 2. The summed E-state index contributed by atoms with van der Waals surface area (Å²) in [6, 6.07) is 5.56. The molecular formula is C31H36FN11O2. The van der Waals surface area contributed by atoms with Crippen LogP contribution in [0.5, 0.6) is 0 Å². The molecule has 13 nitrogen and oxygen atoms in total. The predicted molar refractivity (Wildman–Crippen MR) is 164 cm³/mol. The normalized spacial score (nSPS) is 21.0. The molecule has 45 heavy (non-hydrogen) atoms. The summed E-state index contributed by atoms with van der Waals surface area (Å²) < 4.78 is 22.7. The van der Waals surface area contributed by atoms with Crippen LogP contribution in [0.3, 0.4) is 0 Å². The SMILES string of the molecule is CO[C@]1(C(=O)N[C@@H](C)c2ccc(-n3cc(F)cn3)nc2)CC[C@@H](c2nc(Nc3cc(C)[nH]n3)c3cnn(C4CCC4)c3n2)CC1. The standard InChI is InChI=1S/C31H36FN11O2/c1-18-13-25(41-40-18)37-28-24-16-35-43(23-5-4-6-23)29(24)39-27(38-28)20-9-11-31(45-3,12-10-20)30(44)36-19(2)21-7-8-26(33-14-21)42-17-22(32)15-34-42/h7-8,13-17,19-20,23H,4-6,9-12H2,1-3H3,(H,36,44)(H2,37,38,39,40,41)/t19-,20-,31-/m0/s1. The summed E-state index contributed by atoms with van der Waals surface area (Å²) in [5, 5.41) is 23.3. The largest absolute Gasteiger partial charge is 0.368 e. The molecular weight excluding hydrogens is 577 g/mol. The number of ether oxygens (including phenoxy) is 1. The quantitative estimate of drug-likeness (QED) is 0.209. The van der Waals surface area contributed by atoms with Crippen molar-refractivity contribution in [2.24, 2.45) is 0 Å². The molecule has 0 aromatic carbocycles. The average molecular weight is 614 g/mol. The van der Waals surface area contributed by atoms with Crippen LogP contribution in [0.25, 0.3) is 16.9 Å². The summed E-state index contributed by atoms with van der Waals surface area (Å²) in [7, 11) is 1.59. The first kappa shape index (κ1) is 29.0. The number of nitrogens with zero attached hydrogens (tertiary/aromatic N) is 8. The van der Waals surface area contributed by atoms with Gasteiger partial charge < -0.3 is 15.4 Å². The van der Waals surface area contributed by atoms with E-state index in [1.165, 1.54) is 17.3 Å². The predicted octanol–water partition coefficient (Wildman–Crippen LogP) is 4.97. The molecule has 2 aliphatic rings. The number of carbonyl (C=O) groups excluding carboxylic acids is 1. The molecule has 5 aromatic heterocycles. The molecule has 0 saturated heterocycles. The van der Waals surface area contributed by atoms with Gasteiger partial charge in [0.15, 0.2) is 23.1 Å². The second-order valence-electron chi connectivity index (χ2n) is 12.1. The number of H-pyrrole nitrogens is 1. The molecule has 1 atom stereocenters. The number of aryl methyl sites for hydroxylation is 1. The minimum Gasteiger partial charge on any atom is -0.368 e. The van der Waals surface area contributed by atoms with E-state index in [4.69, 9.17) is 19.8 Å². The Morgan fingerprint density at radius 1 is 1.13 bits per heavy atom. The van der Waals surface area contributed by atoms with Crippen molar-refractivity contribution < 1.29 is 13.9 Å². The number of aromatic amines is 1. The number of carbonyl (C=O) groups is 1. The van der Waals surface area contributed by atoms with Gasteiger partial charge >= 0.3 is 0 Å². The molecule has 0 aliphatic heterocycles. The van der Waals surface area contributed by atoms with Gasteiger partial charge in [0.05, 0.1) is 36.1 Å². The second-order valence-corrected chi connectivity index (χ2v) is 12.1. The molecule has 5 aromatic rings. The number of halogens is 1. The van der Waals surface area contributed by atoms with Crippen LogP contribution in [0.1, 0.15) is 87.0 Å². The van der Waals surface area contributed by atoms with Crippen molar-refractivity contribution in [2.45, 2.75) is 82.4 Å². The molecule has 7 rings (SSSR count). The third-order valence-corrected chi connectivity index (χ3v) is 9.21. The van der Waals surface area contributed by atoms with Gasteiger partial charge in [0.2, 0.25) is 0 Å². The molecule has 0 unspecified atom stereocenters. The lowest BCUT2D eigenvalue weighted by Gasteiger charge is -2.38. The van der Waals surface area contributed by atoms with Crippen molar-refractivity contribution in [1.82, 2.24) is 50.0 Å². The van der Waals surface area contributed by atoms with Crippen LogP contribution in [0.2, 0.25) is 0 Å². The second kappa shape index (κ2) is 11.7. The van der Waals surface area contributed by atoms with Crippen molar-refractivity contribution in [3.05, 3.63) is 65.9 Å². The Hall–Kier alpha value is -4.72. The molecule has 0 bridgehead atoms. The summed E-state index contributed by atoms with van der Waals surface area (Å²) in [4.78, 5) is 28.1. The van der Waals surface area contributed by atoms with E-state index in [-0.39, 0.29) is 17.9 Å². The summed E-state index contributed by atoms with van der Waals surface area (Å²) >= 11 is 0. The molecule has 1 amide bonds. The van der Waals surface area contributed by atoms with Gasteiger partial charge in [-0.1, -0.05) is 6.07 Å². The number of methoxy groups -OCH3 is 1. The van der Waals surface area contributed by atoms with E-state index >= 15 is 0 Å². The summed E-state index contributed by atoms with van der Waals surface area (Å²) in [5.41, 5.74) is 1.63. The third kappa shape index (κ3) is 5.54. The fraction of sp³-hybridized carbons (Fsp3) is 0.452. The number of hydrogen-bond acceptors (Lipinski definition) is 9. The van der Waals surface area contributed by atoms with Crippen LogP contribution < -0.4 is 10.6 Å². The van der Waals surface area contributed by atoms with Crippen LogP contribution in [0.4, 0.5) is 16.0 Å². The van der Waals surface area contributed by atoms with Gasteiger partial charge in [0, 0.05) is 31.0 Å². The average Bonchev–Trinajstić information content (AvgIpc) is 3.76. The number of fused-ring (bicyclic) bond motifs is 1. The van der Waals surface area contributed by atoms with E-state index in [0.29, 0.717) is 49.2 Å². The van der Waals surface area contributed by atoms with Gasteiger partial charge in [-0.3, -0.25) is 9.89 Å². The molecule has 2 fully saturated rings. The van der Waals surface area contributed by atoms with Crippen LogP contribution in [-0.4, -0.2) is 63.3 Å². The van der Waals surface area contributed by atoms with Crippen molar-refractivity contribution in [3.8, 4) is 5.82 Å². The highest BCUT2D eigenvalue weighted by Crippen LogP contribution is 2.41. The maximum Gasteiger partial charge on any atom is 0.252 e. The van der Waals surface area contributed by atoms with Crippen molar-refractivity contribution in [2.75, 3.05) is 12.4 Å². The number of nitrogens with one attached hydrogen (secondary N) is 3. The summed E-state index contributed by atoms with van der Waals surface area (Å²) in [5.74, 6) is 2.04. The summed E-state index contributed by atoms with van der Waals surface area (Å²) in [6.45, 7) is 3.86. The lowest BCUT2D eigenvalue weighted by molar-refractivity contribution is -0.148. The van der Waals surface area contributed by atoms with E-state index in [2.05, 4.69) is 30.9 Å². The fourth-order valence-electron chi connectivity index (χ4n) is 6.22. The smallest absolute Gasteiger partial charge is 0.252 e. The molecule has 5 heterocycles. The Morgan fingerprint density at radius 2 is 1.96 bits per heavy atom. The van der Waals surface area contributed by atoms with E-state index < -0.39 is 11.4 Å². The zero-order valence-electron chi connectivity index (χ0n) is 25.5. The number of amides is 1. The van der Waals surface area contributed by atoms with E-state index in [0.717, 1.165) is 47.2 Å². The third-order valence-electron chi connectivity index (χ3n) is 9.21. The lowest BCUT2D eigenvalue weighted by atomic mass is 9.77. The number of hydrogen-bond donors (Lipinski definition) is 3. The summed E-state index contributed by atoms with van der Waals surface area (Å²) in [6.07, 6.45) is 11.7. The topological polar surface area (TPSA) is 153 Å². The van der Waals surface area contributed by atoms with Gasteiger partial charge in [0.25, 0.3) is 5.91 Å². The van der Waals surface area contributed by atoms with Gasteiger partial charge in [-0.05, 0) is 70.4 Å². The Balaban J connectivity index is 1.07. The van der Waals surface area contributed by atoms with Gasteiger partial charge in [-0.2, -0.15) is 15.3 Å². The van der Waals surface area contributed by atoms with Crippen LogP contribution >= 0.6 is 0 Å². The zero-order valence-corrected chi connectivity index (χ0v) is 25.5. The first-order valence-electron chi connectivity index (χ1n) is 15.4. The maximum absolute atomic E-state index is 13.7. The fourth-order valence-corrected chi connectivity index (χ4v) is 6.22. The molecule has 0 spiro atoms. The van der Waals surface area contributed by atoms with Gasteiger partial charge in [0.1, 0.15) is 17.2 Å². The molecule has 14 heteroatoms. The monoisotopic (exact) mass is 613 g/mol. The highest BCUT2D eigenvalue weighted by molar-refractivity contribution is 5.88. The first-order valence-corrected chi connectivity index (χ1v) is 15.4. The molecule has 2 aliphatic carbocycles. The number of aromatic nitrogens is 9. The van der Waals surface area contributed by atoms with Crippen LogP contribution in [0.15, 0.2) is 43.0 Å². The zero-order chi connectivity index (χ0) is 31.1. The van der Waals surface area contributed by atoms with Gasteiger partial charge in [-0.15, -0.1) is 0 Å². The van der Waals surface area contributed by atoms with Gasteiger partial charge in [-0.25, -0.2) is 28.7 Å². The molecule has 0 radical (unpaired) electrons. The van der Waals surface area contributed by atoms with E-state index in [9.17, 15) is 9.18 Å². The highest BCUT2D eigenvalue weighted by Gasteiger charge is 2.43. The van der Waals surface area contributed by atoms with E-state index in [1.54, 1.807) is 19.4 Å². The molecule has 234 valence electrons. The van der Waals surface area contributed by atoms with Crippen LogP contribution in [0, 0.1) is 12.7 Å². The molecule has 3 N–H and O–H groups in total. The van der Waals surface area contributed by atoms with E-state index in [1.807, 2.05) is 36.9 Å². The molecule has 2 saturated carbocycles. The Kier molecular flexibility index (Phi) is 7.51. The minimum atomic E-state index is -0.962. The first-order chi connectivity index (χ1) is 21.8. The lowest BCUT2D eigenvalue weighted by Crippen LogP contribution is -2.50. The Labute approximate surface area is 259 Å². The number of rotatable bonds is 9. The number of pyridine rings is 1. The van der Waals surface area contributed by atoms with Crippen molar-refractivity contribution >= 4 is 28.6 Å². The highest BCUT2D eigenvalue weighted by atomic mass is 19.1. The maximum atomic E-state index is 13.7. The Bertz CT molecular complexity index is 1820. The Morgan fingerprint density at radius 3 is 2.58 bits per heavy atom. The van der Waals surface area contributed by atoms with Crippen molar-refractivity contribution in [1.29, 1.82) is 0 Å².